The number of carboxylic acid groups (broad SMARTS) is 1. The van der Waals surface area contributed by atoms with Crippen molar-refractivity contribution in [3.8, 4) is 22.6 Å². The summed E-state index contributed by atoms with van der Waals surface area (Å²) in [6.45, 7) is 5.74. The SMILES string of the molecule is CC[C@@](C)(Oc1ccc(OCC=C(C)c2ccc(-c3ccc(F)cc3)cc2)cc1)C(=O)O. The van der Waals surface area contributed by atoms with Crippen LogP contribution in [0.2, 0.25) is 0 Å². The van der Waals surface area contributed by atoms with Crippen molar-refractivity contribution in [2.24, 2.45) is 0 Å². The van der Waals surface area contributed by atoms with E-state index in [0.29, 0.717) is 24.5 Å². The Balaban J connectivity index is 1.57. The highest BCUT2D eigenvalue weighted by atomic mass is 19.1. The van der Waals surface area contributed by atoms with E-state index >= 15 is 0 Å². The van der Waals surface area contributed by atoms with Crippen LogP contribution in [0.1, 0.15) is 32.8 Å². The van der Waals surface area contributed by atoms with Crippen molar-refractivity contribution in [2.75, 3.05) is 6.61 Å². The maximum Gasteiger partial charge on any atom is 0.347 e. The summed E-state index contributed by atoms with van der Waals surface area (Å²) in [7, 11) is 0. The van der Waals surface area contributed by atoms with E-state index in [9.17, 15) is 14.3 Å². The first kappa shape index (κ1) is 23.1. The summed E-state index contributed by atoms with van der Waals surface area (Å²) in [6, 6.07) is 21.5. The van der Waals surface area contributed by atoms with E-state index in [4.69, 9.17) is 9.47 Å². The van der Waals surface area contributed by atoms with Crippen molar-refractivity contribution in [3.05, 3.63) is 90.3 Å². The smallest absolute Gasteiger partial charge is 0.347 e. The number of allylic oxidation sites excluding steroid dienone is 1. The van der Waals surface area contributed by atoms with Crippen LogP contribution in [0, 0.1) is 5.82 Å². The summed E-state index contributed by atoms with van der Waals surface area (Å²) in [5.74, 6) is -0.0868. The molecule has 0 aliphatic carbocycles. The van der Waals surface area contributed by atoms with Gasteiger partial charge < -0.3 is 14.6 Å². The summed E-state index contributed by atoms with van der Waals surface area (Å²) in [5, 5.41) is 9.32. The Kier molecular flexibility index (Phi) is 7.31. The normalized spacial score (nSPS) is 13.3. The number of rotatable bonds is 9. The van der Waals surface area contributed by atoms with Gasteiger partial charge in [-0.25, -0.2) is 9.18 Å². The summed E-state index contributed by atoms with van der Waals surface area (Å²) in [4.78, 5) is 11.4. The first-order valence-electron chi connectivity index (χ1n) is 10.5. The molecule has 3 rings (SSSR count). The predicted molar refractivity (Wildman–Crippen MR) is 124 cm³/mol. The molecule has 5 heteroatoms. The molecule has 4 nitrogen and oxygen atoms in total. The average molecular weight is 435 g/mol. The molecule has 0 saturated carbocycles. The van der Waals surface area contributed by atoms with Gasteiger partial charge in [0, 0.05) is 0 Å². The Morgan fingerprint density at radius 1 is 0.938 bits per heavy atom. The zero-order valence-electron chi connectivity index (χ0n) is 18.5. The summed E-state index contributed by atoms with van der Waals surface area (Å²) >= 11 is 0. The Hall–Kier alpha value is -3.60. The molecule has 1 N–H and O–H groups in total. The van der Waals surface area contributed by atoms with Gasteiger partial charge in [-0.2, -0.15) is 0 Å². The van der Waals surface area contributed by atoms with E-state index in [2.05, 4.69) is 0 Å². The van der Waals surface area contributed by atoms with E-state index in [0.717, 1.165) is 22.3 Å². The van der Waals surface area contributed by atoms with Gasteiger partial charge in [-0.05, 0) is 85.0 Å². The first-order valence-corrected chi connectivity index (χ1v) is 10.5. The van der Waals surface area contributed by atoms with Crippen molar-refractivity contribution in [2.45, 2.75) is 32.8 Å². The molecular formula is C27H27FO4. The molecule has 1 atom stereocenters. The molecule has 0 amide bonds. The molecule has 0 aromatic heterocycles. The fourth-order valence-electron chi connectivity index (χ4n) is 3.08. The molecule has 0 aliphatic heterocycles. The van der Waals surface area contributed by atoms with Gasteiger partial charge in [0.2, 0.25) is 5.60 Å². The highest BCUT2D eigenvalue weighted by molar-refractivity contribution is 5.77. The molecule has 0 saturated heterocycles. The first-order chi connectivity index (χ1) is 15.3. The Morgan fingerprint density at radius 3 is 2.00 bits per heavy atom. The minimum atomic E-state index is -1.26. The number of halogens is 1. The lowest BCUT2D eigenvalue weighted by Crippen LogP contribution is -2.40. The molecule has 32 heavy (non-hydrogen) atoms. The van der Waals surface area contributed by atoms with E-state index in [1.54, 1.807) is 50.2 Å². The van der Waals surface area contributed by atoms with Crippen molar-refractivity contribution in [1.29, 1.82) is 0 Å². The van der Waals surface area contributed by atoms with Crippen LogP contribution in [0.3, 0.4) is 0 Å². The van der Waals surface area contributed by atoms with Crippen LogP contribution in [0.4, 0.5) is 4.39 Å². The number of ether oxygens (including phenoxy) is 2. The molecule has 0 fully saturated rings. The lowest BCUT2D eigenvalue weighted by atomic mass is 10.0. The standard InChI is InChI=1S/C27H27FO4/c1-4-27(3,26(29)30)32-25-15-13-24(14-16-25)31-18-17-19(2)20-5-7-21(8-6-20)22-9-11-23(28)12-10-22/h5-17H,4,18H2,1-3H3,(H,29,30)/t27-/m1/s1. The van der Waals surface area contributed by atoms with Gasteiger partial charge in [-0.1, -0.05) is 43.3 Å². The summed E-state index contributed by atoms with van der Waals surface area (Å²) in [6.07, 6.45) is 2.35. The molecular weight excluding hydrogens is 407 g/mol. The highest BCUT2D eigenvalue weighted by Gasteiger charge is 2.33. The maximum absolute atomic E-state index is 13.1. The van der Waals surface area contributed by atoms with Gasteiger partial charge in [0.05, 0.1) is 0 Å². The number of hydrogen-bond acceptors (Lipinski definition) is 3. The van der Waals surface area contributed by atoms with Crippen LogP contribution in [-0.2, 0) is 4.79 Å². The molecule has 0 heterocycles. The molecule has 0 radical (unpaired) electrons. The van der Waals surface area contributed by atoms with Gasteiger partial charge in [0.1, 0.15) is 23.9 Å². The zero-order valence-corrected chi connectivity index (χ0v) is 18.5. The minimum Gasteiger partial charge on any atom is -0.490 e. The molecule has 3 aromatic carbocycles. The highest BCUT2D eigenvalue weighted by Crippen LogP contribution is 2.25. The third-order valence-corrected chi connectivity index (χ3v) is 5.45. The van der Waals surface area contributed by atoms with E-state index in [1.807, 2.05) is 37.3 Å². The Labute approximate surface area is 187 Å². The van der Waals surface area contributed by atoms with E-state index in [-0.39, 0.29) is 5.82 Å². The van der Waals surface area contributed by atoms with Crippen molar-refractivity contribution < 1.29 is 23.8 Å². The summed E-state index contributed by atoms with van der Waals surface area (Å²) < 4.78 is 24.5. The second-order valence-corrected chi connectivity index (χ2v) is 7.75. The van der Waals surface area contributed by atoms with Crippen LogP contribution >= 0.6 is 0 Å². The zero-order chi connectivity index (χ0) is 23.1. The van der Waals surface area contributed by atoms with Gasteiger partial charge in [-0.15, -0.1) is 0 Å². The third-order valence-electron chi connectivity index (χ3n) is 5.45. The Bertz CT molecular complexity index is 1070. The van der Waals surface area contributed by atoms with E-state index < -0.39 is 11.6 Å². The molecule has 0 unspecified atom stereocenters. The number of carbonyl (C=O) groups is 1. The fourth-order valence-corrected chi connectivity index (χ4v) is 3.08. The molecule has 0 aliphatic rings. The average Bonchev–Trinajstić information content (AvgIpc) is 2.80. The molecule has 0 bridgehead atoms. The quantitative estimate of drug-likeness (QED) is 0.412. The number of hydrogen-bond donors (Lipinski definition) is 1. The maximum atomic E-state index is 13.1. The second-order valence-electron chi connectivity index (χ2n) is 7.75. The van der Waals surface area contributed by atoms with Crippen LogP contribution in [0.25, 0.3) is 16.7 Å². The second kappa shape index (κ2) is 10.1. The lowest BCUT2D eigenvalue weighted by molar-refractivity contribution is -0.154. The van der Waals surface area contributed by atoms with Gasteiger partial charge in [-0.3, -0.25) is 0 Å². The van der Waals surface area contributed by atoms with Crippen LogP contribution in [0.15, 0.2) is 78.9 Å². The largest absolute Gasteiger partial charge is 0.490 e. The third kappa shape index (κ3) is 5.76. The van der Waals surface area contributed by atoms with Crippen LogP contribution in [-0.4, -0.2) is 23.3 Å². The van der Waals surface area contributed by atoms with Crippen LogP contribution in [0.5, 0.6) is 11.5 Å². The van der Waals surface area contributed by atoms with Crippen LogP contribution < -0.4 is 9.47 Å². The monoisotopic (exact) mass is 434 g/mol. The molecule has 166 valence electrons. The van der Waals surface area contributed by atoms with Crippen molar-refractivity contribution >= 4 is 11.5 Å². The van der Waals surface area contributed by atoms with Gasteiger partial charge in [0.25, 0.3) is 0 Å². The molecule has 0 spiro atoms. The topological polar surface area (TPSA) is 55.8 Å². The lowest BCUT2D eigenvalue weighted by Gasteiger charge is -2.24. The van der Waals surface area contributed by atoms with Gasteiger partial charge >= 0.3 is 5.97 Å². The summed E-state index contributed by atoms with van der Waals surface area (Å²) in [5.41, 5.74) is 2.90. The van der Waals surface area contributed by atoms with Gasteiger partial charge in [0.15, 0.2) is 0 Å². The Morgan fingerprint density at radius 2 is 1.47 bits per heavy atom. The van der Waals surface area contributed by atoms with Crippen molar-refractivity contribution in [1.82, 2.24) is 0 Å². The molecule has 3 aromatic rings. The van der Waals surface area contributed by atoms with Crippen molar-refractivity contribution in [3.63, 3.8) is 0 Å². The number of benzene rings is 3. The predicted octanol–water partition coefficient (Wildman–Crippen LogP) is 6.61. The minimum absolute atomic E-state index is 0.244. The number of aliphatic carboxylic acids is 1. The fraction of sp³-hybridized carbons (Fsp3) is 0.222. The number of carboxylic acids is 1. The van der Waals surface area contributed by atoms with E-state index in [1.165, 1.54) is 12.1 Å².